The zero-order valence-electron chi connectivity index (χ0n) is 34.7. The van der Waals surface area contributed by atoms with Crippen LogP contribution in [-0.4, -0.2) is 47.0 Å². The number of benzene rings is 2. The molecule has 0 spiro atoms. The van der Waals surface area contributed by atoms with Crippen LogP contribution in [-0.2, 0) is 25.5 Å². The lowest BCUT2D eigenvalue weighted by Crippen LogP contribution is -2.35. The van der Waals surface area contributed by atoms with Gasteiger partial charge >= 0.3 is 11.9 Å². The monoisotopic (exact) mass is 773 g/mol. The largest absolute Gasteiger partial charge is 0.494 e. The Hall–Kier alpha value is -3.72. The molecule has 1 aliphatic heterocycles. The summed E-state index contributed by atoms with van der Waals surface area (Å²) < 4.78 is 17.9. The third-order valence-electron chi connectivity index (χ3n) is 10.2. The Morgan fingerprint density at radius 2 is 1.45 bits per heavy atom. The van der Waals surface area contributed by atoms with Crippen LogP contribution in [0.25, 0.3) is 11.0 Å². The first-order chi connectivity index (χ1) is 26.7. The Labute approximate surface area is 335 Å². The zero-order chi connectivity index (χ0) is 39.6. The molecule has 55 heavy (non-hydrogen) atoms. The number of aryl methyl sites for hydroxylation is 2. The summed E-state index contributed by atoms with van der Waals surface area (Å²) in [6.07, 6.45) is 18.6. The second-order valence-corrected chi connectivity index (χ2v) is 16.1. The van der Waals surface area contributed by atoms with E-state index >= 15 is 0 Å². The average molecular weight is 774 g/mol. The number of imidazole rings is 1. The van der Waals surface area contributed by atoms with Gasteiger partial charge in [0.2, 0.25) is 0 Å². The van der Waals surface area contributed by atoms with E-state index in [4.69, 9.17) is 19.2 Å². The van der Waals surface area contributed by atoms with Crippen molar-refractivity contribution in [3.63, 3.8) is 0 Å². The van der Waals surface area contributed by atoms with Crippen LogP contribution in [0.2, 0.25) is 0 Å². The molecule has 9 heteroatoms. The van der Waals surface area contributed by atoms with Gasteiger partial charge in [-0.25, -0.2) is 14.6 Å². The Morgan fingerprint density at radius 1 is 0.800 bits per heavy atom. The molecule has 0 aliphatic carbocycles. The van der Waals surface area contributed by atoms with Gasteiger partial charge in [0.15, 0.2) is 5.16 Å². The van der Waals surface area contributed by atoms with Crippen LogP contribution in [0.5, 0.6) is 5.75 Å². The predicted octanol–water partition coefficient (Wildman–Crippen LogP) is 11.8. The summed E-state index contributed by atoms with van der Waals surface area (Å²) in [5, 5.41) is 4.19. The molecule has 2 heterocycles. The van der Waals surface area contributed by atoms with Crippen molar-refractivity contribution in [3.05, 3.63) is 75.6 Å². The molecule has 0 saturated carbocycles. The number of unbranched alkanes of at least 4 members (excludes halogenated alkanes) is 13. The summed E-state index contributed by atoms with van der Waals surface area (Å²) in [7, 11) is 0. The molecule has 1 unspecified atom stereocenters. The zero-order valence-corrected chi connectivity index (χ0v) is 35.6. The average Bonchev–Trinajstić information content (AvgIpc) is 3.55. The maximum Gasteiger partial charge on any atom is 0.337 e. The molecule has 302 valence electrons. The van der Waals surface area contributed by atoms with E-state index in [0.717, 1.165) is 52.1 Å². The summed E-state index contributed by atoms with van der Waals surface area (Å²) >= 11 is 1.50. The first-order valence-corrected chi connectivity index (χ1v) is 22.1. The van der Waals surface area contributed by atoms with Crippen molar-refractivity contribution in [2.45, 2.75) is 162 Å². The molecule has 0 amide bonds. The number of thioether (sulfide) groups is 1. The highest BCUT2D eigenvalue weighted by Gasteiger charge is 2.41. The van der Waals surface area contributed by atoms with Gasteiger partial charge < -0.3 is 24.5 Å². The van der Waals surface area contributed by atoms with Crippen molar-refractivity contribution in [2.24, 2.45) is 0 Å². The number of nitrogens with zero attached hydrogens (tertiary/aromatic N) is 1. The number of fused-ring (bicyclic) bond motifs is 1. The van der Waals surface area contributed by atoms with Crippen LogP contribution in [0, 0.1) is 6.92 Å². The van der Waals surface area contributed by atoms with Gasteiger partial charge in [-0.2, -0.15) is 0 Å². The number of carbonyl (C=O) groups is 2. The third-order valence-corrected chi connectivity index (χ3v) is 11.1. The molecule has 1 atom stereocenters. The number of rotatable bonds is 25. The minimum Gasteiger partial charge on any atom is -0.494 e. The van der Waals surface area contributed by atoms with Gasteiger partial charge in [-0.15, -0.1) is 0 Å². The predicted molar refractivity (Wildman–Crippen MR) is 227 cm³/mol. The fourth-order valence-corrected chi connectivity index (χ4v) is 8.39. The number of carbonyl (C=O) groups excluding carboxylic acids is 2. The van der Waals surface area contributed by atoms with E-state index < -0.39 is 17.9 Å². The molecule has 0 saturated heterocycles. The summed E-state index contributed by atoms with van der Waals surface area (Å²) in [6.45, 7) is 14.3. The van der Waals surface area contributed by atoms with Crippen LogP contribution in [0.15, 0.2) is 64.1 Å². The van der Waals surface area contributed by atoms with E-state index in [0.29, 0.717) is 40.6 Å². The molecular formula is C46H67N3O5S. The van der Waals surface area contributed by atoms with Crippen molar-refractivity contribution in [1.29, 1.82) is 0 Å². The van der Waals surface area contributed by atoms with Crippen molar-refractivity contribution in [3.8, 4) is 5.75 Å². The minimum absolute atomic E-state index is 0.213. The number of nitrogens with one attached hydrogen (secondary N) is 2. The number of allylic oxidation sites excluding steroid dienone is 1. The number of dihydropyridines is 1. The number of esters is 2. The van der Waals surface area contributed by atoms with Gasteiger partial charge in [0.1, 0.15) is 5.75 Å². The van der Waals surface area contributed by atoms with Gasteiger partial charge in [0.25, 0.3) is 0 Å². The molecule has 8 nitrogen and oxygen atoms in total. The summed E-state index contributed by atoms with van der Waals surface area (Å²) in [5.41, 5.74) is 7.03. The first-order valence-electron chi connectivity index (χ1n) is 21.1. The van der Waals surface area contributed by atoms with Gasteiger partial charge in [-0.1, -0.05) is 120 Å². The lowest BCUT2D eigenvalue weighted by atomic mass is 9.77. The normalized spacial score (nSPS) is 14.5. The standard InChI is InChI=1S/C46H67N3O5S/c1-8-11-12-13-14-15-16-17-18-19-20-21-22-23-25-35-26-24-27-39(52-9-2)41(35)43-40(44(50)53-10-3)34(7)47-38(42(43)45(51)54-32(4)5)31-55-46-48-36-29-28-33(6)30-37(36)49-46/h24,26-30,32,43,47H,8-23,25,31H2,1-7H3,(H,48,49). The van der Waals surface area contributed by atoms with Gasteiger partial charge in [-0.3, -0.25) is 0 Å². The van der Waals surface area contributed by atoms with Crippen LogP contribution in [0.4, 0.5) is 0 Å². The molecule has 2 N–H and O–H groups in total. The maximum atomic E-state index is 14.3. The molecule has 0 radical (unpaired) electrons. The van der Waals surface area contributed by atoms with Gasteiger partial charge in [0, 0.05) is 22.7 Å². The maximum absolute atomic E-state index is 14.3. The summed E-state index contributed by atoms with van der Waals surface area (Å²) in [5.74, 6) is -0.603. The fourth-order valence-electron chi connectivity index (χ4n) is 7.53. The molecule has 4 rings (SSSR count). The highest BCUT2D eigenvalue weighted by atomic mass is 32.2. The number of aromatic nitrogens is 2. The Bertz CT molecular complexity index is 1740. The van der Waals surface area contributed by atoms with E-state index in [1.165, 1.54) is 88.8 Å². The van der Waals surface area contributed by atoms with Crippen molar-refractivity contribution in [1.82, 2.24) is 15.3 Å². The van der Waals surface area contributed by atoms with Crippen LogP contribution >= 0.6 is 11.8 Å². The van der Waals surface area contributed by atoms with E-state index in [1.807, 2.05) is 52.0 Å². The molecule has 1 aromatic heterocycles. The highest BCUT2D eigenvalue weighted by Crippen LogP contribution is 2.46. The molecule has 1 aliphatic rings. The van der Waals surface area contributed by atoms with Gasteiger partial charge in [-0.05, 0) is 83.7 Å². The molecule has 0 bridgehead atoms. The van der Waals surface area contributed by atoms with Crippen LogP contribution in [0.3, 0.4) is 0 Å². The van der Waals surface area contributed by atoms with Crippen molar-refractivity contribution >= 4 is 34.7 Å². The van der Waals surface area contributed by atoms with Crippen molar-refractivity contribution < 1.29 is 23.8 Å². The van der Waals surface area contributed by atoms with Crippen LogP contribution < -0.4 is 10.1 Å². The van der Waals surface area contributed by atoms with E-state index in [2.05, 4.69) is 36.3 Å². The lowest BCUT2D eigenvalue weighted by molar-refractivity contribution is -0.143. The van der Waals surface area contributed by atoms with E-state index in [1.54, 1.807) is 6.92 Å². The van der Waals surface area contributed by atoms with Crippen LogP contribution in [0.1, 0.15) is 154 Å². The molecule has 0 fully saturated rings. The SMILES string of the molecule is CCCCCCCCCCCCCCCCc1cccc(OCC)c1C1C(C(=O)OCC)=C(C)NC(CSc2nc3ccc(C)cc3[nH]2)=C1C(=O)OC(C)C. The summed E-state index contributed by atoms with van der Waals surface area (Å²) in [6, 6.07) is 12.2. The molecule has 3 aromatic rings. The lowest BCUT2D eigenvalue weighted by Gasteiger charge is -2.33. The molecular weight excluding hydrogens is 707 g/mol. The highest BCUT2D eigenvalue weighted by molar-refractivity contribution is 7.99. The van der Waals surface area contributed by atoms with E-state index in [-0.39, 0.29) is 12.7 Å². The number of ether oxygens (including phenoxy) is 3. The second-order valence-electron chi connectivity index (χ2n) is 15.1. The van der Waals surface area contributed by atoms with Crippen molar-refractivity contribution in [2.75, 3.05) is 19.0 Å². The first kappa shape index (κ1) is 44.0. The second kappa shape index (κ2) is 23.4. The van der Waals surface area contributed by atoms with E-state index in [9.17, 15) is 9.59 Å². The molecule has 2 aromatic carbocycles. The fraction of sp³-hybridized carbons (Fsp3) is 0.587. The Kier molecular flexibility index (Phi) is 18.7. The summed E-state index contributed by atoms with van der Waals surface area (Å²) in [4.78, 5) is 36.5. The number of hydrogen-bond acceptors (Lipinski definition) is 8. The quantitative estimate of drug-likeness (QED) is 0.0498. The smallest absolute Gasteiger partial charge is 0.337 e. The minimum atomic E-state index is -0.745. The number of H-pyrrole nitrogens is 1. The Morgan fingerprint density at radius 3 is 2.07 bits per heavy atom. The Balaban J connectivity index is 1.58. The number of hydrogen-bond donors (Lipinski definition) is 2. The van der Waals surface area contributed by atoms with Gasteiger partial charge in [0.05, 0.1) is 47.4 Å². The topological polar surface area (TPSA) is 103 Å². The number of aromatic amines is 1. The third kappa shape index (κ3) is 13.2.